The molecule has 2 fully saturated rings. The van der Waals surface area contributed by atoms with E-state index in [0.29, 0.717) is 62.1 Å². The van der Waals surface area contributed by atoms with Gasteiger partial charge in [0.05, 0.1) is 26.4 Å². The van der Waals surface area contributed by atoms with E-state index in [1.54, 1.807) is 0 Å². The number of para-hydroxylation sites is 2. The quantitative estimate of drug-likeness (QED) is 0.104. The van der Waals surface area contributed by atoms with Crippen LogP contribution in [0.25, 0.3) is 12.2 Å². The summed E-state index contributed by atoms with van der Waals surface area (Å²) in [7, 11) is 0. The van der Waals surface area contributed by atoms with Gasteiger partial charge in [0.1, 0.15) is 0 Å². The van der Waals surface area contributed by atoms with Gasteiger partial charge in [0.15, 0.2) is 0 Å². The van der Waals surface area contributed by atoms with Crippen molar-refractivity contribution in [3.8, 4) is 0 Å². The number of rotatable bonds is 12. The minimum Gasteiger partial charge on any atom is -1.00 e. The van der Waals surface area contributed by atoms with Gasteiger partial charge >= 0.3 is 59.1 Å². The second-order valence-electron chi connectivity index (χ2n) is 12.6. The maximum absolute atomic E-state index is 5.53. The Bertz CT molecular complexity index is 2010. The minimum absolute atomic E-state index is 0. The molecule has 6 aromatic rings. The number of nitrogens with zero attached hydrogens (tertiary/aromatic N) is 8. The Kier molecular flexibility index (Phi) is 15.0. The van der Waals surface area contributed by atoms with Crippen LogP contribution in [0.1, 0.15) is 14.0 Å². The second kappa shape index (κ2) is 20.5. The van der Waals surface area contributed by atoms with Crippen molar-refractivity contribution in [2.24, 2.45) is 0 Å². The van der Waals surface area contributed by atoms with Crippen LogP contribution in [0.3, 0.4) is 0 Å². The standard InChI is InChI=1S/C40H40N12O2.2Na.2H/c1-3-7-31(8-4-1)41-35-45-37(49-39(47-35)51-21-25-53-26-22-51)43-33-17-13-29(14-18-33)11-12-30-15-19-34(20-16-30)44-38-46-36(42-32-9-5-2-6-10-32)48-40(50-38)52-23-27-54-28-24-52;;;;/h1-20H,21-28H2,(H2,41,43,45,47,49)(H2,42,44,46,48,50);;;;/q;2*+1;2*-1. The molecular weight excluding hydrogens is 727 g/mol. The van der Waals surface area contributed by atoms with Crippen molar-refractivity contribution in [3.63, 3.8) is 0 Å². The predicted molar refractivity (Wildman–Crippen MR) is 216 cm³/mol. The molecule has 0 unspecified atom stereocenters. The van der Waals surface area contributed by atoms with Gasteiger partial charge in [-0.25, -0.2) is 0 Å². The van der Waals surface area contributed by atoms with Gasteiger partial charge in [-0.05, 0) is 59.7 Å². The Labute approximate surface area is 373 Å². The maximum Gasteiger partial charge on any atom is 1.00 e. The largest absolute Gasteiger partial charge is 1.00 e. The number of nitrogens with one attached hydrogen (secondary N) is 4. The molecule has 0 bridgehead atoms. The van der Waals surface area contributed by atoms with Gasteiger partial charge in [-0.1, -0.05) is 72.8 Å². The molecule has 2 saturated heterocycles. The summed E-state index contributed by atoms with van der Waals surface area (Å²) in [6, 6.07) is 36.0. The zero-order valence-electron chi connectivity index (χ0n) is 33.6. The van der Waals surface area contributed by atoms with Crippen LogP contribution in [-0.4, -0.2) is 82.5 Å². The molecule has 4 heterocycles. The van der Waals surface area contributed by atoms with E-state index in [2.05, 4.69) is 77.5 Å². The maximum atomic E-state index is 5.53. The number of hydrogen-bond donors (Lipinski definition) is 4. The molecular formula is C40H42N12Na2O2. The fourth-order valence-electron chi connectivity index (χ4n) is 5.87. The Morgan fingerprint density at radius 2 is 0.714 bits per heavy atom. The summed E-state index contributed by atoms with van der Waals surface area (Å²) in [6.07, 6.45) is 4.16. The molecule has 276 valence electrons. The third kappa shape index (κ3) is 11.5. The molecule has 16 heteroatoms. The van der Waals surface area contributed by atoms with Gasteiger partial charge in [0.25, 0.3) is 0 Å². The number of hydrogen-bond acceptors (Lipinski definition) is 14. The smallest absolute Gasteiger partial charge is 1.00 e. The van der Waals surface area contributed by atoms with Gasteiger partial charge in [-0.2, -0.15) is 29.9 Å². The zero-order valence-corrected chi connectivity index (χ0v) is 35.6. The van der Waals surface area contributed by atoms with Crippen molar-refractivity contribution >= 4 is 70.6 Å². The minimum atomic E-state index is 0. The van der Waals surface area contributed by atoms with E-state index >= 15 is 0 Å². The SMILES string of the molecule is C(=Cc1ccc(Nc2nc(Nc3ccccc3)nc(N3CCOCC3)n2)cc1)c1ccc(Nc2nc(Nc3ccccc3)nc(N3CCOCC3)n2)cc1.[H-].[H-].[Na+].[Na+]. The monoisotopic (exact) mass is 768 g/mol. The first kappa shape index (κ1) is 41.0. The number of ether oxygens (including phenoxy) is 2. The van der Waals surface area contributed by atoms with Crippen LogP contribution in [-0.2, 0) is 9.47 Å². The van der Waals surface area contributed by atoms with Crippen LogP contribution in [0.5, 0.6) is 0 Å². The summed E-state index contributed by atoms with van der Waals surface area (Å²) in [5.74, 6) is 3.06. The molecule has 0 radical (unpaired) electrons. The molecule has 0 spiro atoms. The predicted octanol–water partition coefficient (Wildman–Crippen LogP) is 1.11. The molecule has 0 aliphatic carbocycles. The van der Waals surface area contributed by atoms with Crippen molar-refractivity contribution in [3.05, 3.63) is 120 Å². The topological polar surface area (TPSA) is 150 Å². The average Bonchev–Trinajstić information content (AvgIpc) is 3.22. The molecule has 2 aliphatic rings. The van der Waals surface area contributed by atoms with Crippen molar-refractivity contribution in [1.29, 1.82) is 0 Å². The van der Waals surface area contributed by atoms with E-state index in [4.69, 9.17) is 29.4 Å². The van der Waals surface area contributed by atoms with Crippen molar-refractivity contribution in [2.45, 2.75) is 0 Å². The average molecular weight is 769 g/mol. The van der Waals surface area contributed by atoms with Crippen LogP contribution in [0.15, 0.2) is 109 Å². The van der Waals surface area contributed by atoms with Crippen LogP contribution >= 0.6 is 0 Å². The summed E-state index contributed by atoms with van der Waals surface area (Å²) in [5.41, 5.74) is 5.64. The van der Waals surface area contributed by atoms with Gasteiger partial charge in [-0.15, -0.1) is 0 Å². The Morgan fingerprint density at radius 1 is 0.411 bits per heavy atom. The summed E-state index contributed by atoms with van der Waals surface area (Å²) in [4.78, 5) is 32.4. The van der Waals surface area contributed by atoms with Crippen LogP contribution in [0.4, 0.5) is 58.4 Å². The number of anilines is 10. The van der Waals surface area contributed by atoms with E-state index in [9.17, 15) is 0 Å². The number of aromatic nitrogens is 6. The fourth-order valence-corrected chi connectivity index (χ4v) is 5.87. The molecule has 2 aliphatic heterocycles. The normalized spacial score (nSPS) is 14.0. The molecule has 14 nitrogen and oxygen atoms in total. The molecule has 0 atom stereocenters. The molecule has 4 N–H and O–H groups in total. The van der Waals surface area contributed by atoms with E-state index in [-0.39, 0.29) is 62.0 Å². The first-order valence-corrected chi connectivity index (χ1v) is 17.9. The number of morpholine rings is 2. The third-order valence-electron chi connectivity index (χ3n) is 8.70. The summed E-state index contributed by atoms with van der Waals surface area (Å²) < 4.78 is 11.1. The van der Waals surface area contributed by atoms with E-state index in [1.165, 1.54) is 0 Å². The van der Waals surface area contributed by atoms with Crippen LogP contribution in [0, 0.1) is 0 Å². The van der Waals surface area contributed by atoms with E-state index < -0.39 is 0 Å². The zero-order chi connectivity index (χ0) is 36.4. The summed E-state index contributed by atoms with van der Waals surface area (Å²) >= 11 is 0. The first-order chi connectivity index (χ1) is 26.7. The van der Waals surface area contributed by atoms with E-state index in [0.717, 1.165) is 60.1 Å². The van der Waals surface area contributed by atoms with Crippen LogP contribution in [0.2, 0.25) is 0 Å². The van der Waals surface area contributed by atoms with Gasteiger partial charge in [0, 0.05) is 48.9 Å². The molecule has 4 aromatic carbocycles. The molecule has 56 heavy (non-hydrogen) atoms. The Morgan fingerprint density at radius 3 is 1.04 bits per heavy atom. The van der Waals surface area contributed by atoms with Gasteiger partial charge in [-0.3, -0.25) is 0 Å². The Balaban J connectivity index is 0.00000186. The van der Waals surface area contributed by atoms with Crippen LogP contribution < -0.4 is 90.2 Å². The van der Waals surface area contributed by atoms with Crippen molar-refractivity contribution in [1.82, 2.24) is 29.9 Å². The molecule has 8 rings (SSSR count). The summed E-state index contributed by atoms with van der Waals surface area (Å²) in [6.45, 7) is 5.42. The van der Waals surface area contributed by atoms with Crippen molar-refractivity contribution in [2.75, 3.05) is 83.7 Å². The molecule has 0 saturated carbocycles. The molecule has 2 aromatic heterocycles. The Hall–Kier alpha value is -4.64. The van der Waals surface area contributed by atoms with Crippen molar-refractivity contribution < 1.29 is 71.4 Å². The van der Waals surface area contributed by atoms with Gasteiger partial charge in [0.2, 0.25) is 35.7 Å². The van der Waals surface area contributed by atoms with Gasteiger partial charge < -0.3 is 43.4 Å². The first-order valence-electron chi connectivity index (χ1n) is 17.9. The molecule has 0 amide bonds. The number of benzene rings is 4. The second-order valence-corrected chi connectivity index (χ2v) is 12.6. The fraction of sp³-hybridized carbons (Fsp3) is 0.200. The summed E-state index contributed by atoms with van der Waals surface area (Å²) in [5, 5.41) is 13.3. The van der Waals surface area contributed by atoms with E-state index in [1.807, 2.05) is 84.9 Å². The third-order valence-corrected chi connectivity index (χ3v) is 8.70.